The number of rotatable bonds is 6. The molecule has 3 rings (SSSR count). The molecule has 25 heavy (non-hydrogen) atoms. The summed E-state index contributed by atoms with van der Waals surface area (Å²) in [6.07, 6.45) is 5.14. The predicted octanol–water partition coefficient (Wildman–Crippen LogP) is 2.86. The van der Waals surface area contributed by atoms with E-state index >= 15 is 0 Å². The van der Waals surface area contributed by atoms with Gasteiger partial charge in [-0.3, -0.25) is 9.78 Å². The van der Waals surface area contributed by atoms with E-state index in [9.17, 15) is 4.79 Å². The Kier molecular flexibility index (Phi) is 4.89. The third-order valence-corrected chi connectivity index (χ3v) is 3.79. The Morgan fingerprint density at radius 2 is 1.84 bits per heavy atom. The van der Waals surface area contributed by atoms with Crippen LogP contribution in [0.2, 0.25) is 0 Å². The molecule has 2 heterocycles. The maximum absolute atomic E-state index is 11.8. The molecule has 2 aromatic heterocycles. The summed E-state index contributed by atoms with van der Waals surface area (Å²) in [5, 5.41) is 3.15. The highest BCUT2D eigenvalue weighted by Crippen LogP contribution is 2.25. The number of hydrogen-bond donors (Lipinski definition) is 2. The number of primary amides is 1. The van der Waals surface area contributed by atoms with Gasteiger partial charge in [0.15, 0.2) is 0 Å². The Balaban J connectivity index is 1.86. The summed E-state index contributed by atoms with van der Waals surface area (Å²) in [5.41, 5.74) is 8.65. The average molecular weight is 334 g/mol. The number of carbonyl (C=O) groups excluding carboxylic acids is 1. The number of nitrogens with one attached hydrogen (secondary N) is 1. The zero-order valence-corrected chi connectivity index (χ0v) is 13.8. The molecule has 0 bridgehead atoms. The molecule has 1 aromatic carbocycles. The lowest BCUT2D eigenvalue weighted by Crippen LogP contribution is -2.15. The molecule has 6 heteroatoms. The van der Waals surface area contributed by atoms with Gasteiger partial charge in [-0.2, -0.15) is 0 Å². The Morgan fingerprint density at radius 1 is 1.12 bits per heavy atom. The molecule has 1 amide bonds. The molecule has 0 aliphatic heterocycles. The van der Waals surface area contributed by atoms with Crippen LogP contribution >= 0.6 is 0 Å². The van der Waals surface area contributed by atoms with Crippen molar-refractivity contribution in [3.8, 4) is 16.9 Å². The Bertz CT molecular complexity index is 864. The number of ether oxygens (including phenoxy) is 1. The number of aromatic nitrogens is 2. The first-order chi connectivity index (χ1) is 12.2. The first-order valence-electron chi connectivity index (χ1n) is 7.74. The quantitative estimate of drug-likeness (QED) is 0.723. The van der Waals surface area contributed by atoms with Gasteiger partial charge < -0.3 is 15.8 Å². The number of nitrogens with zero attached hydrogens (tertiary/aromatic N) is 2. The van der Waals surface area contributed by atoms with Gasteiger partial charge in [-0.15, -0.1) is 0 Å². The fraction of sp³-hybridized carbons (Fsp3) is 0.105. The standard InChI is InChI=1S/C19H18N4O2/c1-25-16-4-2-14(3-5-16)15-10-17(18(20)24)19(23-12-15)22-11-13-6-8-21-9-7-13/h2-10,12H,11H2,1H3,(H2,20,24)(H,22,23). The number of nitrogens with two attached hydrogens (primary N) is 1. The van der Waals surface area contributed by atoms with Crippen LogP contribution in [0.5, 0.6) is 5.75 Å². The van der Waals surface area contributed by atoms with E-state index in [0.717, 1.165) is 22.4 Å². The molecule has 3 N–H and O–H groups in total. The molecule has 0 aliphatic rings. The van der Waals surface area contributed by atoms with E-state index in [4.69, 9.17) is 10.5 Å². The molecule has 0 saturated carbocycles. The summed E-state index contributed by atoms with van der Waals surface area (Å²) in [7, 11) is 1.62. The van der Waals surface area contributed by atoms with E-state index in [1.165, 1.54) is 0 Å². The van der Waals surface area contributed by atoms with Crippen molar-refractivity contribution >= 4 is 11.7 Å². The van der Waals surface area contributed by atoms with Gasteiger partial charge in [0.1, 0.15) is 11.6 Å². The lowest BCUT2D eigenvalue weighted by molar-refractivity contribution is 0.100. The Hall–Kier alpha value is -3.41. The maximum atomic E-state index is 11.8. The molecule has 0 atom stereocenters. The number of anilines is 1. The van der Waals surface area contributed by atoms with E-state index in [1.807, 2.05) is 36.4 Å². The van der Waals surface area contributed by atoms with Crippen LogP contribution in [0.25, 0.3) is 11.1 Å². The van der Waals surface area contributed by atoms with Crippen molar-refractivity contribution in [2.45, 2.75) is 6.54 Å². The Morgan fingerprint density at radius 3 is 2.48 bits per heavy atom. The van der Waals surface area contributed by atoms with Gasteiger partial charge in [0.05, 0.1) is 12.7 Å². The smallest absolute Gasteiger partial charge is 0.252 e. The monoisotopic (exact) mass is 334 g/mol. The SMILES string of the molecule is COc1ccc(-c2cnc(NCc3ccncc3)c(C(N)=O)c2)cc1. The van der Waals surface area contributed by atoms with Crippen LogP contribution in [0.1, 0.15) is 15.9 Å². The van der Waals surface area contributed by atoms with Crippen molar-refractivity contribution in [2.24, 2.45) is 5.73 Å². The first kappa shape index (κ1) is 16.4. The summed E-state index contributed by atoms with van der Waals surface area (Å²) >= 11 is 0. The molecule has 0 unspecified atom stereocenters. The highest BCUT2D eigenvalue weighted by atomic mass is 16.5. The van der Waals surface area contributed by atoms with Gasteiger partial charge in [-0.25, -0.2) is 4.98 Å². The molecular formula is C19H18N4O2. The van der Waals surface area contributed by atoms with Crippen molar-refractivity contribution in [2.75, 3.05) is 12.4 Å². The van der Waals surface area contributed by atoms with Gasteiger partial charge in [0, 0.05) is 30.7 Å². The number of hydrogen-bond acceptors (Lipinski definition) is 5. The van der Waals surface area contributed by atoms with E-state index in [0.29, 0.717) is 17.9 Å². The minimum atomic E-state index is -0.528. The van der Waals surface area contributed by atoms with Crippen LogP contribution in [-0.4, -0.2) is 23.0 Å². The average Bonchev–Trinajstić information content (AvgIpc) is 2.67. The number of benzene rings is 1. The van der Waals surface area contributed by atoms with Gasteiger partial charge in [0.25, 0.3) is 5.91 Å². The molecule has 0 aliphatic carbocycles. The predicted molar refractivity (Wildman–Crippen MR) is 96.3 cm³/mol. The van der Waals surface area contributed by atoms with Crippen LogP contribution in [0, 0.1) is 0 Å². The molecule has 0 saturated heterocycles. The molecule has 126 valence electrons. The minimum absolute atomic E-state index is 0.349. The molecule has 3 aromatic rings. The van der Waals surface area contributed by atoms with Gasteiger partial charge >= 0.3 is 0 Å². The summed E-state index contributed by atoms with van der Waals surface area (Å²) in [6.45, 7) is 0.525. The van der Waals surface area contributed by atoms with Gasteiger partial charge in [-0.1, -0.05) is 12.1 Å². The van der Waals surface area contributed by atoms with Crippen molar-refractivity contribution in [3.63, 3.8) is 0 Å². The van der Waals surface area contributed by atoms with E-state index < -0.39 is 5.91 Å². The van der Waals surface area contributed by atoms with Gasteiger partial charge in [0.2, 0.25) is 0 Å². The van der Waals surface area contributed by atoms with Crippen molar-refractivity contribution in [1.29, 1.82) is 0 Å². The van der Waals surface area contributed by atoms with Gasteiger partial charge in [-0.05, 0) is 41.5 Å². The maximum Gasteiger partial charge on any atom is 0.252 e. The second-order valence-corrected chi connectivity index (χ2v) is 5.42. The fourth-order valence-electron chi connectivity index (χ4n) is 2.42. The van der Waals surface area contributed by atoms with Crippen molar-refractivity contribution in [1.82, 2.24) is 9.97 Å². The lowest BCUT2D eigenvalue weighted by atomic mass is 10.0. The second kappa shape index (κ2) is 7.44. The van der Waals surface area contributed by atoms with Crippen LogP contribution in [0.15, 0.2) is 61.1 Å². The summed E-state index contributed by atoms with van der Waals surface area (Å²) in [4.78, 5) is 20.2. The number of carbonyl (C=O) groups is 1. The Labute approximate surface area is 145 Å². The van der Waals surface area contributed by atoms with Crippen molar-refractivity contribution in [3.05, 3.63) is 72.2 Å². The minimum Gasteiger partial charge on any atom is -0.497 e. The van der Waals surface area contributed by atoms with Crippen LogP contribution in [0.4, 0.5) is 5.82 Å². The number of pyridine rings is 2. The third-order valence-electron chi connectivity index (χ3n) is 3.79. The summed E-state index contributed by atoms with van der Waals surface area (Å²) in [5.74, 6) is 0.698. The molecular weight excluding hydrogens is 316 g/mol. The molecule has 6 nitrogen and oxygen atoms in total. The second-order valence-electron chi connectivity index (χ2n) is 5.42. The first-order valence-corrected chi connectivity index (χ1v) is 7.74. The summed E-state index contributed by atoms with van der Waals surface area (Å²) < 4.78 is 5.16. The molecule has 0 fully saturated rings. The van der Waals surface area contributed by atoms with Crippen LogP contribution in [0.3, 0.4) is 0 Å². The fourth-order valence-corrected chi connectivity index (χ4v) is 2.42. The largest absolute Gasteiger partial charge is 0.497 e. The van der Waals surface area contributed by atoms with E-state index in [2.05, 4.69) is 15.3 Å². The third kappa shape index (κ3) is 3.92. The lowest BCUT2D eigenvalue weighted by Gasteiger charge is -2.11. The molecule has 0 spiro atoms. The van der Waals surface area contributed by atoms with Crippen molar-refractivity contribution < 1.29 is 9.53 Å². The van der Waals surface area contributed by atoms with E-state index in [1.54, 1.807) is 31.8 Å². The number of amides is 1. The van der Waals surface area contributed by atoms with Crippen LogP contribution < -0.4 is 15.8 Å². The highest BCUT2D eigenvalue weighted by molar-refractivity contribution is 5.98. The topological polar surface area (TPSA) is 90.1 Å². The molecule has 0 radical (unpaired) electrons. The van der Waals surface area contributed by atoms with E-state index in [-0.39, 0.29) is 0 Å². The normalized spacial score (nSPS) is 10.3. The zero-order chi connectivity index (χ0) is 17.6. The highest BCUT2D eigenvalue weighted by Gasteiger charge is 2.12. The summed E-state index contributed by atoms with van der Waals surface area (Å²) in [6, 6.07) is 13.1. The number of methoxy groups -OCH3 is 1. The zero-order valence-electron chi connectivity index (χ0n) is 13.8. The van der Waals surface area contributed by atoms with Crippen LogP contribution in [-0.2, 0) is 6.54 Å².